The molecule has 2 heterocycles. The monoisotopic (exact) mass is 224 g/mol. The Morgan fingerprint density at radius 1 is 1.60 bits per heavy atom. The maximum Gasteiger partial charge on any atom is 0.0333 e. The molecule has 1 aromatic heterocycles. The third kappa shape index (κ3) is 2.60. The summed E-state index contributed by atoms with van der Waals surface area (Å²) in [6.45, 7) is 9.12. The molecule has 2 rings (SSSR count). The summed E-state index contributed by atoms with van der Waals surface area (Å²) >= 11 is 1.89. The van der Waals surface area contributed by atoms with Crippen LogP contribution in [0.2, 0.25) is 0 Å². The van der Waals surface area contributed by atoms with Crippen molar-refractivity contribution in [2.45, 2.75) is 32.9 Å². The van der Waals surface area contributed by atoms with Crippen molar-refractivity contribution < 1.29 is 0 Å². The Balaban J connectivity index is 1.98. The highest BCUT2D eigenvalue weighted by Gasteiger charge is 2.21. The highest BCUT2D eigenvalue weighted by molar-refractivity contribution is 7.10. The standard InChI is InChI=1S/C12H20N2S/c1-3-14(11-4-6-13-8-11)9-12-10(2)5-7-15-12/h5,7,11,13H,3-4,6,8-9H2,1-2H3. The molecule has 2 nitrogen and oxygen atoms in total. The number of likely N-dealkylation sites (N-methyl/N-ethyl adjacent to an activating group) is 1. The predicted octanol–water partition coefficient (Wildman–Crippen LogP) is 2.24. The number of aryl methyl sites for hydroxylation is 1. The van der Waals surface area contributed by atoms with Crippen molar-refractivity contribution in [3.05, 3.63) is 21.9 Å². The van der Waals surface area contributed by atoms with E-state index in [-0.39, 0.29) is 0 Å². The van der Waals surface area contributed by atoms with E-state index in [1.54, 1.807) is 0 Å². The molecule has 0 bridgehead atoms. The van der Waals surface area contributed by atoms with Crippen LogP contribution in [0, 0.1) is 6.92 Å². The second kappa shape index (κ2) is 5.10. The van der Waals surface area contributed by atoms with Crippen LogP contribution in [0.4, 0.5) is 0 Å². The van der Waals surface area contributed by atoms with Gasteiger partial charge in [-0.25, -0.2) is 0 Å². The van der Waals surface area contributed by atoms with Crippen molar-refractivity contribution in [3.8, 4) is 0 Å². The molecule has 0 aromatic carbocycles. The summed E-state index contributed by atoms with van der Waals surface area (Å²) in [6, 6.07) is 2.97. The zero-order chi connectivity index (χ0) is 10.7. The lowest BCUT2D eigenvalue weighted by molar-refractivity contribution is 0.212. The van der Waals surface area contributed by atoms with Gasteiger partial charge in [-0.2, -0.15) is 0 Å². The molecule has 1 aliphatic heterocycles. The zero-order valence-electron chi connectivity index (χ0n) is 9.62. The van der Waals surface area contributed by atoms with Gasteiger partial charge in [0.25, 0.3) is 0 Å². The highest BCUT2D eigenvalue weighted by Crippen LogP contribution is 2.20. The van der Waals surface area contributed by atoms with Crippen molar-refractivity contribution in [2.24, 2.45) is 0 Å². The number of rotatable bonds is 4. The molecule has 0 radical (unpaired) electrons. The Morgan fingerprint density at radius 2 is 2.47 bits per heavy atom. The van der Waals surface area contributed by atoms with Crippen LogP contribution in [-0.4, -0.2) is 30.6 Å². The van der Waals surface area contributed by atoms with Gasteiger partial charge >= 0.3 is 0 Å². The summed E-state index contributed by atoms with van der Waals surface area (Å²) in [7, 11) is 0. The minimum atomic E-state index is 0.747. The van der Waals surface area contributed by atoms with Crippen LogP contribution in [0.1, 0.15) is 23.8 Å². The molecule has 1 atom stereocenters. The lowest BCUT2D eigenvalue weighted by atomic mass is 10.2. The van der Waals surface area contributed by atoms with Gasteiger partial charge in [0.2, 0.25) is 0 Å². The Morgan fingerprint density at radius 3 is 3.00 bits per heavy atom. The molecule has 0 spiro atoms. The van der Waals surface area contributed by atoms with Crippen molar-refractivity contribution >= 4 is 11.3 Å². The predicted molar refractivity (Wildman–Crippen MR) is 66.4 cm³/mol. The van der Waals surface area contributed by atoms with Gasteiger partial charge in [-0.15, -0.1) is 11.3 Å². The second-order valence-electron chi connectivity index (χ2n) is 4.24. The minimum absolute atomic E-state index is 0.747. The lowest BCUT2D eigenvalue weighted by Crippen LogP contribution is -2.36. The topological polar surface area (TPSA) is 15.3 Å². The first-order valence-corrected chi connectivity index (χ1v) is 6.67. The Kier molecular flexibility index (Phi) is 3.78. The molecule has 1 unspecified atom stereocenters. The number of nitrogens with zero attached hydrogens (tertiary/aromatic N) is 1. The number of hydrogen-bond acceptors (Lipinski definition) is 3. The molecule has 1 aromatic rings. The van der Waals surface area contributed by atoms with Crippen molar-refractivity contribution in [2.75, 3.05) is 19.6 Å². The zero-order valence-corrected chi connectivity index (χ0v) is 10.4. The van der Waals surface area contributed by atoms with Crippen molar-refractivity contribution in [1.82, 2.24) is 10.2 Å². The molecule has 0 amide bonds. The molecule has 1 fully saturated rings. The number of hydrogen-bond donors (Lipinski definition) is 1. The van der Waals surface area contributed by atoms with Gasteiger partial charge in [0, 0.05) is 24.0 Å². The average molecular weight is 224 g/mol. The van der Waals surface area contributed by atoms with Gasteiger partial charge in [0.1, 0.15) is 0 Å². The summed E-state index contributed by atoms with van der Waals surface area (Å²) in [5.41, 5.74) is 1.45. The van der Waals surface area contributed by atoms with Gasteiger partial charge < -0.3 is 5.32 Å². The second-order valence-corrected chi connectivity index (χ2v) is 5.24. The van der Waals surface area contributed by atoms with E-state index in [1.807, 2.05) is 11.3 Å². The van der Waals surface area contributed by atoms with Gasteiger partial charge in [-0.3, -0.25) is 4.90 Å². The van der Waals surface area contributed by atoms with E-state index >= 15 is 0 Å². The van der Waals surface area contributed by atoms with E-state index in [0.29, 0.717) is 0 Å². The Bertz CT molecular complexity index is 302. The lowest BCUT2D eigenvalue weighted by Gasteiger charge is -2.26. The molecule has 84 valence electrons. The molecule has 1 N–H and O–H groups in total. The Labute approximate surface area is 96.3 Å². The summed E-state index contributed by atoms with van der Waals surface area (Å²) < 4.78 is 0. The van der Waals surface area contributed by atoms with Crippen molar-refractivity contribution in [1.29, 1.82) is 0 Å². The van der Waals surface area contributed by atoms with Crippen LogP contribution in [0.15, 0.2) is 11.4 Å². The van der Waals surface area contributed by atoms with E-state index in [9.17, 15) is 0 Å². The summed E-state index contributed by atoms with van der Waals surface area (Å²) in [5.74, 6) is 0. The first-order chi connectivity index (χ1) is 7.31. The summed E-state index contributed by atoms with van der Waals surface area (Å²) in [5, 5.41) is 5.64. The van der Waals surface area contributed by atoms with E-state index in [4.69, 9.17) is 0 Å². The summed E-state index contributed by atoms with van der Waals surface area (Å²) in [4.78, 5) is 4.13. The van der Waals surface area contributed by atoms with E-state index in [2.05, 4.69) is 35.5 Å². The van der Waals surface area contributed by atoms with Crippen LogP contribution in [-0.2, 0) is 6.54 Å². The minimum Gasteiger partial charge on any atom is -0.315 e. The maximum atomic E-state index is 3.44. The molecular formula is C12H20N2S. The normalized spacial score (nSPS) is 21.4. The van der Waals surface area contributed by atoms with E-state index in [0.717, 1.165) is 25.7 Å². The average Bonchev–Trinajstić information content (AvgIpc) is 2.86. The van der Waals surface area contributed by atoms with Crippen LogP contribution < -0.4 is 5.32 Å². The number of thiophene rings is 1. The SMILES string of the molecule is CCN(Cc1sccc1C)C1CCNC1. The smallest absolute Gasteiger partial charge is 0.0333 e. The fourth-order valence-corrected chi connectivity index (χ4v) is 3.13. The van der Waals surface area contributed by atoms with Gasteiger partial charge in [-0.05, 0) is 43.4 Å². The van der Waals surface area contributed by atoms with Gasteiger partial charge in [0.05, 0.1) is 0 Å². The molecule has 1 aliphatic rings. The van der Waals surface area contributed by atoms with Crippen LogP contribution in [0.5, 0.6) is 0 Å². The molecule has 1 saturated heterocycles. The third-order valence-electron chi connectivity index (χ3n) is 3.27. The first-order valence-electron chi connectivity index (χ1n) is 5.79. The van der Waals surface area contributed by atoms with Gasteiger partial charge in [-0.1, -0.05) is 6.92 Å². The number of nitrogens with one attached hydrogen (secondary N) is 1. The molecule has 15 heavy (non-hydrogen) atoms. The van der Waals surface area contributed by atoms with Crippen LogP contribution in [0.3, 0.4) is 0 Å². The molecule has 0 saturated carbocycles. The highest BCUT2D eigenvalue weighted by atomic mass is 32.1. The Hall–Kier alpha value is -0.380. The maximum absolute atomic E-state index is 3.44. The van der Waals surface area contributed by atoms with Crippen molar-refractivity contribution in [3.63, 3.8) is 0 Å². The first kappa shape index (κ1) is 11.1. The fourth-order valence-electron chi connectivity index (χ4n) is 2.20. The summed E-state index contributed by atoms with van der Waals surface area (Å²) in [6.07, 6.45) is 1.30. The van der Waals surface area contributed by atoms with E-state index < -0.39 is 0 Å². The van der Waals surface area contributed by atoms with Crippen LogP contribution >= 0.6 is 11.3 Å². The van der Waals surface area contributed by atoms with Gasteiger partial charge in [0.15, 0.2) is 0 Å². The third-order valence-corrected chi connectivity index (χ3v) is 4.28. The quantitative estimate of drug-likeness (QED) is 0.844. The molecule has 3 heteroatoms. The largest absolute Gasteiger partial charge is 0.315 e. The molecule has 0 aliphatic carbocycles. The van der Waals surface area contributed by atoms with Crippen LogP contribution in [0.25, 0.3) is 0 Å². The molecular weight excluding hydrogens is 204 g/mol. The fraction of sp³-hybridized carbons (Fsp3) is 0.667. The van der Waals surface area contributed by atoms with E-state index in [1.165, 1.54) is 23.4 Å².